The number of hydrogen-bond acceptors (Lipinski definition) is 7. The molecule has 1 amide bonds. The van der Waals surface area contributed by atoms with E-state index in [2.05, 4.69) is 15.5 Å². The summed E-state index contributed by atoms with van der Waals surface area (Å²) in [5, 5.41) is 6.80. The molecule has 32 heavy (non-hydrogen) atoms. The standard InChI is InChI=1S/C24H21N3O5/c1-29-18-11-12-21(30-2)20(14-18)25-22(28)15-31-19-10-6-9-17(13-19)24-26-23(27-32-24)16-7-4-3-5-8-16/h3-14H,15H2,1-2H3,(H,25,28). The predicted octanol–water partition coefficient (Wildman–Crippen LogP) is 4.44. The highest BCUT2D eigenvalue weighted by molar-refractivity contribution is 5.93. The number of hydrogen-bond donors (Lipinski definition) is 1. The van der Waals surface area contributed by atoms with Crippen LogP contribution in [0.4, 0.5) is 5.69 Å². The maximum absolute atomic E-state index is 12.4. The first kappa shape index (κ1) is 20.9. The van der Waals surface area contributed by atoms with Gasteiger partial charge in [0.2, 0.25) is 5.82 Å². The molecular weight excluding hydrogens is 410 g/mol. The zero-order valence-electron chi connectivity index (χ0n) is 17.6. The van der Waals surface area contributed by atoms with E-state index in [4.69, 9.17) is 18.7 Å². The molecule has 8 heteroatoms. The number of carbonyl (C=O) groups excluding carboxylic acids is 1. The van der Waals surface area contributed by atoms with Crippen LogP contribution in [-0.2, 0) is 4.79 Å². The Labute approximate surface area is 184 Å². The van der Waals surface area contributed by atoms with Gasteiger partial charge in [0.25, 0.3) is 11.8 Å². The zero-order chi connectivity index (χ0) is 22.3. The molecule has 0 spiro atoms. The van der Waals surface area contributed by atoms with Gasteiger partial charge in [-0.15, -0.1) is 0 Å². The van der Waals surface area contributed by atoms with Crippen LogP contribution in [0.3, 0.4) is 0 Å². The van der Waals surface area contributed by atoms with Crippen molar-refractivity contribution in [2.45, 2.75) is 0 Å². The van der Waals surface area contributed by atoms with E-state index >= 15 is 0 Å². The van der Waals surface area contributed by atoms with Gasteiger partial charge in [0, 0.05) is 17.2 Å². The Morgan fingerprint density at radius 3 is 2.50 bits per heavy atom. The largest absolute Gasteiger partial charge is 0.497 e. The van der Waals surface area contributed by atoms with E-state index < -0.39 is 0 Å². The fourth-order valence-electron chi connectivity index (χ4n) is 3.01. The van der Waals surface area contributed by atoms with Crippen molar-refractivity contribution in [3.8, 4) is 40.1 Å². The monoisotopic (exact) mass is 431 g/mol. The highest BCUT2D eigenvalue weighted by atomic mass is 16.5. The van der Waals surface area contributed by atoms with Gasteiger partial charge in [-0.25, -0.2) is 0 Å². The molecule has 0 aliphatic rings. The van der Waals surface area contributed by atoms with Gasteiger partial charge >= 0.3 is 0 Å². The summed E-state index contributed by atoms with van der Waals surface area (Å²) in [6, 6.07) is 21.8. The lowest BCUT2D eigenvalue weighted by molar-refractivity contribution is -0.118. The number of benzene rings is 3. The van der Waals surface area contributed by atoms with Gasteiger partial charge in [0.15, 0.2) is 6.61 Å². The lowest BCUT2D eigenvalue weighted by Crippen LogP contribution is -2.20. The summed E-state index contributed by atoms with van der Waals surface area (Å²) in [5.74, 6) is 2.13. The third-order valence-corrected chi connectivity index (χ3v) is 4.59. The van der Waals surface area contributed by atoms with E-state index in [0.29, 0.717) is 40.2 Å². The second-order valence-corrected chi connectivity index (χ2v) is 6.72. The van der Waals surface area contributed by atoms with E-state index in [1.165, 1.54) is 7.11 Å². The van der Waals surface area contributed by atoms with Crippen LogP contribution in [0.15, 0.2) is 77.3 Å². The van der Waals surface area contributed by atoms with Crippen LogP contribution < -0.4 is 19.5 Å². The van der Waals surface area contributed by atoms with Crippen molar-refractivity contribution in [2.24, 2.45) is 0 Å². The topological polar surface area (TPSA) is 95.7 Å². The molecule has 0 aliphatic heterocycles. The average Bonchev–Trinajstić information content (AvgIpc) is 3.34. The second-order valence-electron chi connectivity index (χ2n) is 6.72. The van der Waals surface area contributed by atoms with Crippen molar-refractivity contribution >= 4 is 11.6 Å². The molecule has 0 unspecified atom stereocenters. The van der Waals surface area contributed by atoms with Crippen LogP contribution in [0.2, 0.25) is 0 Å². The van der Waals surface area contributed by atoms with Crippen LogP contribution in [0, 0.1) is 0 Å². The van der Waals surface area contributed by atoms with E-state index in [1.807, 2.05) is 36.4 Å². The van der Waals surface area contributed by atoms with Gasteiger partial charge < -0.3 is 24.1 Å². The Balaban J connectivity index is 1.42. The lowest BCUT2D eigenvalue weighted by atomic mass is 10.2. The zero-order valence-corrected chi connectivity index (χ0v) is 17.6. The fourth-order valence-corrected chi connectivity index (χ4v) is 3.01. The quantitative estimate of drug-likeness (QED) is 0.441. The molecule has 1 heterocycles. The number of carbonyl (C=O) groups is 1. The van der Waals surface area contributed by atoms with Crippen molar-refractivity contribution in [3.05, 3.63) is 72.8 Å². The van der Waals surface area contributed by atoms with Crippen LogP contribution >= 0.6 is 0 Å². The van der Waals surface area contributed by atoms with Crippen molar-refractivity contribution in [1.82, 2.24) is 10.1 Å². The number of aromatic nitrogens is 2. The number of amides is 1. The lowest BCUT2D eigenvalue weighted by Gasteiger charge is -2.12. The van der Waals surface area contributed by atoms with E-state index in [0.717, 1.165) is 5.56 Å². The number of rotatable bonds is 8. The summed E-state index contributed by atoms with van der Waals surface area (Å²) >= 11 is 0. The third kappa shape index (κ3) is 4.86. The van der Waals surface area contributed by atoms with Crippen LogP contribution in [-0.4, -0.2) is 36.9 Å². The Kier molecular flexibility index (Phi) is 6.31. The molecular formula is C24H21N3O5. The van der Waals surface area contributed by atoms with Gasteiger partial charge in [-0.1, -0.05) is 41.6 Å². The van der Waals surface area contributed by atoms with Crippen molar-refractivity contribution < 1.29 is 23.5 Å². The number of methoxy groups -OCH3 is 2. The highest BCUT2D eigenvalue weighted by Crippen LogP contribution is 2.29. The molecule has 0 saturated carbocycles. The predicted molar refractivity (Wildman–Crippen MR) is 119 cm³/mol. The molecule has 1 N–H and O–H groups in total. The summed E-state index contributed by atoms with van der Waals surface area (Å²) in [4.78, 5) is 16.8. The van der Waals surface area contributed by atoms with Crippen molar-refractivity contribution in [1.29, 1.82) is 0 Å². The second kappa shape index (κ2) is 9.65. The van der Waals surface area contributed by atoms with Gasteiger partial charge in [0.1, 0.15) is 17.2 Å². The van der Waals surface area contributed by atoms with Crippen molar-refractivity contribution in [3.63, 3.8) is 0 Å². The third-order valence-electron chi connectivity index (χ3n) is 4.59. The summed E-state index contributed by atoms with van der Waals surface area (Å²) in [6.07, 6.45) is 0. The highest BCUT2D eigenvalue weighted by Gasteiger charge is 2.13. The van der Waals surface area contributed by atoms with Crippen molar-refractivity contribution in [2.75, 3.05) is 26.1 Å². The minimum Gasteiger partial charge on any atom is -0.497 e. The van der Waals surface area contributed by atoms with Crippen LogP contribution in [0.5, 0.6) is 17.2 Å². The van der Waals surface area contributed by atoms with Gasteiger partial charge in [-0.05, 0) is 30.3 Å². The maximum Gasteiger partial charge on any atom is 0.262 e. The number of ether oxygens (including phenoxy) is 3. The first-order valence-corrected chi connectivity index (χ1v) is 9.80. The SMILES string of the molecule is COc1ccc(OC)c(NC(=O)COc2cccc(-c3nc(-c4ccccc4)no3)c2)c1. The summed E-state index contributed by atoms with van der Waals surface area (Å²) in [5.41, 5.74) is 2.04. The molecule has 1 aromatic heterocycles. The molecule has 0 radical (unpaired) electrons. The maximum atomic E-state index is 12.4. The molecule has 0 atom stereocenters. The molecule has 4 aromatic rings. The molecule has 0 aliphatic carbocycles. The molecule has 4 rings (SSSR count). The first-order valence-electron chi connectivity index (χ1n) is 9.80. The molecule has 3 aromatic carbocycles. The minimum absolute atomic E-state index is 0.192. The van der Waals surface area contributed by atoms with Gasteiger partial charge in [-0.3, -0.25) is 4.79 Å². The number of nitrogens with one attached hydrogen (secondary N) is 1. The fraction of sp³-hybridized carbons (Fsp3) is 0.125. The van der Waals surface area contributed by atoms with Gasteiger partial charge in [0.05, 0.1) is 19.9 Å². The summed E-state index contributed by atoms with van der Waals surface area (Å²) < 4.78 is 21.5. The van der Waals surface area contributed by atoms with E-state index in [9.17, 15) is 4.79 Å². The first-order chi connectivity index (χ1) is 15.7. The molecule has 0 saturated heterocycles. The van der Waals surface area contributed by atoms with Crippen LogP contribution in [0.1, 0.15) is 0 Å². The van der Waals surface area contributed by atoms with E-state index in [1.54, 1.807) is 43.5 Å². The summed E-state index contributed by atoms with van der Waals surface area (Å²) in [6.45, 7) is -0.192. The Morgan fingerprint density at radius 2 is 1.72 bits per heavy atom. The Morgan fingerprint density at radius 1 is 0.906 bits per heavy atom. The smallest absolute Gasteiger partial charge is 0.262 e. The van der Waals surface area contributed by atoms with Crippen LogP contribution in [0.25, 0.3) is 22.8 Å². The number of nitrogens with zero attached hydrogens (tertiary/aromatic N) is 2. The molecule has 162 valence electrons. The van der Waals surface area contributed by atoms with Gasteiger partial charge in [-0.2, -0.15) is 4.98 Å². The summed E-state index contributed by atoms with van der Waals surface area (Å²) in [7, 11) is 3.08. The molecule has 8 nitrogen and oxygen atoms in total. The Bertz CT molecular complexity index is 1210. The molecule has 0 fully saturated rings. The Hall–Kier alpha value is -4.33. The normalized spacial score (nSPS) is 10.4. The molecule has 0 bridgehead atoms. The minimum atomic E-state index is -0.342. The number of anilines is 1. The average molecular weight is 431 g/mol. The van der Waals surface area contributed by atoms with E-state index in [-0.39, 0.29) is 12.5 Å².